The first kappa shape index (κ1) is 16.9. The summed E-state index contributed by atoms with van der Waals surface area (Å²) >= 11 is 1.63. The fourth-order valence-electron chi connectivity index (χ4n) is 2.10. The van der Waals surface area contributed by atoms with Gasteiger partial charge in [0.15, 0.2) is 5.16 Å². The van der Waals surface area contributed by atoms with E-state index in [0.717, 1.165) is 35.9 Å². The first-order valence-electron chi connectivity index (χ1n) is 7.04. The van der Waals surface area contributed by atoms with Crippen molar-refractivity contribution in [1.29, 1.82) is 5.26 Å². The van der Waals surface area contributed by atoms with Crippen molar-refractivity contribution < 1.29 is 0 Å². The van der Waals surface area contributed by atoms with E-state index < -0.39 is 5.54 Å². The summed E-state index contributed by atoms with van der Waals surface area (Å²) in [5.74, 6) is 0. The molecule has 0 saturated heterocycles. The highest BCUT2D eigenvalue weighted by atomic mass is 32.2. The standard InChI is InChI=1S/C15H24N4S/c1-6-7-17-15(5,10-16)9-13(4)20-14-18-11(2)8-12(3)19-14/h8,13,17H,6-7,9H2,1-5H3. The van der Waals surface area contributed by atoms with Crippen molar-refractivity contribution in [2.24, 2.45) is 0 Å². The Hall–Kier alpha value is -1.12. The Morgan fingerprint density at radius 3 is 2.50 bits per heavy atom. The van der Waals surface area contributed by atoms with Gasteiger partial charge in [-0.3, -0.25) is 5.32 Å². The van der Waals surface area contributed by atoms with Crippen LogP contribution in [-0.2, 0) is 0 Å². The number of nitrogens with one attached hydrogen (secondary N) is 1. The first-order valence-corrected chi connectivity index (χ1v) is 7.91. The van der Waals surface area contributed by atoms with Gasteiger partial charge < -0.3 is 0 Å². The molecule has 0 bridgehead atoms. The third kappa shape index (κ3) is 5.48. The second kappa shape index (κ2) is 7.61. The third-order valence-corrected chi connectivity index (χ3v) is 3.94. The number of hydrogen-bond acceptors (Lipinski definition) is 5. The molecule has 5 heteroatoms. The van der Waals surface area contributed by atoms with Crippen molar-refractivity contribution in [2.75, 3.05) is 6.54 Å². The molecule has 1 N–H and O–H groups in total. The Bertz CT molecular complexity index is 463. The molecule has 0 aliphatic rings. The molecule has 0 aromatic carbocycles. The van der Waals surface area contributed by atoms with Gasteiger partial charge in [-0.15, -0.1) is 0 Å². The van der Waals surface area contributed by atoms with E-state index in [1.807, 2.05) is 26.8 Å². The lowest BCUT2D eigenvalue weighted by Gasteiger charge is -2.26. The van der Waals surface area contributed by atoms with Crippen LogP contribution in [0.5, 0.6) is 0 Å². The molecular formula is C15H24N4S. The van der Waals surface area contributed by atoms with Gasteiger partial charge in [0.1, 0.15) is 5.54 Å². The summed E-state index contributed by atoms with van der Waals surface area (Å²) in [6, 6.07) is 4.36. The number of aryl methyl sites for hydroxylation is 2. The maximum atomic E-state index is 9.36. The molecule has 0 aliphatic carbocycles. The van der Waals surface area contributed by atoms with E-state index in [4.69, 9.17) is 0 Å². The van der Waals surface area contributed by atoms with Gasteiger partial charge in [-0.2, -0.15) is 5.26 Å². The highest BCUT2D eigenvalue weighted by Crippen LogP contribution is 2.26. The lowest BCUT2D eigenvalue weighted by Crippen LogP contribution is -2.43. The Morgan fingerprint density at radius 1 is 1.40 bits per heavy atom. The summed E-state index contributed by atoms with van der Waals surface area (Å²) in [7, 11) is 0. The number of nitriles is 1. The summed E-state index contributed by atoms with van der Waals surface area (Å²) in [5.41, 5.74) is 1.49. The van der Waals surface area contributed by atoms with Crippen LogP contribution in [0.4, 0.5) is 0 Å². The summed E-state index contributed by atoms with van der Waals surface area (Å²) in [6.45, 7) is 11.0. The predicted molar refractivity (Wildman–Crippen MR) is 83.8 cm³/mol. The summed E-state index contributed by atoms with van der Waals surface area (Å²) < 4.78 is 0. The van der Waals surface area contributed by atoms with E-state index in [-0.39, 0.29) is 5.25 Å². The van der Waals surface area contributed by atoms with Gasteiger partial charge in [0.05, 0.1) is 6.07 Å². The van der Waals surface area contributed by atoms with Crippen LogP contribution in [0.3, 0.4) is 0 Å². The van der Waals surface area contributed by atoms with E-state index in [2.05, 4.69) is 35.2 Å². The van der Waals surface area contributed by atoms with Crippen LogP contribution in [0, 0.1) is 25.2 Å². The molecule has 1 rings (SSSR count). The lowest BCUT2D eigenvalue weighted by atomic mass is 9.98. The maximum absolute atomic E-state index is 9.36. The zero-order valence-corrected chi connectivity index (χ0v) is 13.8. The van der Waals surface area contributed by atoms with Crippen molar-refractivity contribution in [3.8, 4) is 6.07 Å². The molecule has 0 amide bonds. The van der Waals surface area contributed by atoms with Crippen LogP contribution in [-0.4, -0.2) is 27.3 Å². The fourth-order valence-corrected chi connectivity index (χ4v) is 3.27. The van der Waals surface area contributed by atoms with Gasteiger partial charge in [0.25, 0.3) is 0 Å². The molecule has 1 heterocycles. The molecule has 110 valence electrons. The normalized spacial score (nSPS) is 15.4. The Kier molecular flexibility index (Phi) is 6.44. The van der Waals surface area contributed by atoms with Gasteiger partial charge in [-0.25, -0.2) is 9.97 Å². The monoisotopic (exact) mass is 292 g/mol. The minimum absolute atomic E-state index is 0.283. The van der Waals surface area contributed by atoms with E-state index in [1.165, 1.54) is 0 Å². The van der Waals surface area contributed by atoms with Crippen molar-refractivity contribution in [2.45, 2.75) is 63.4 Å². The summed E-state index contributed by atoms with van der Waals surface area (Å²) in [5, 5.41) is 13.8. The molecule has 0 saturated carbocycles. The third-order valence-electron chi connectivity index (χ3n) is 2.98. The molecule has 20 heavy (non-hydrogen) atoms. The minimum atomic E-state index is -0.485. The van der Waals surface area contributed by atoms with Gasteiger partial charge in [-0.05, 0) is 46.2 Å². The molecule has 1 aromatic rings. The van der Waals surface area contributed by atoms with Crippen molar-refractivity contribution in [1.82, 2.24) is 15.3 Å². The smallest absolute Gasteiger partial charge is 0.188 e. The highest BCUT2D eigenvalue weighted by Gasteiger charge is 2.26. The molecule has 2 atom stereocenters. The van der Waals surface area contributed by atoms with Crippen LogP contribution in [0.2, 0.25) is 0 Å². The van der Waals surface area contributed by atoms with Crippen molar-refractivity contribution in [3.63, 3.8) is 0 Å². The van der Waals surface area contributed by atoms with Gasteiger partial charge in [-0.1, -0.05) is 25.6 Å². The molecular weight excluding hydrogens is 268 g/mol. The van der Waals surface area contributed by atoms with Gasteiger partial charge in [0, 0.05) is 16.6 Å². The highest BCUT2D eigenvalue weighted by molar-refractivity contribution is 7.99. The molecule has 0 fully saturated rings. The number of nitrogens with zero attached hydrogens (tertiary/aromatic N) is 3. The van der Waals surface area contributed by atoms with Crippen LogP contribution in [0.15, 0.2) is 11.2 Å². The molecule has 4 nitrogen and oxygen atoms in total. The second-order valence-electron chi connectivity index (χ2n) is 5.44. The summed E-state index contributed by atoms with van der Waals surface area (Å²) in [6.07, 6.45) is 1.80. The largest absolute Gasteiger partial charge is 0.300 e. The fraction of sp³-hybridized carbons (Fsp3) is 0.667. The SMILES string of the molecule is CCCNC(C)(C#N)CC(C)Sc1nc(C)cc(C)n1. The average molecular weight is 292 g/mol. The maximum Gasteiger partial charge on any atom is 0.188 e. The van der Waals surface area contributed by atoms with Crippen molar-refractivity contribution in [3.05, 3.63) is 17.5 Å². The number of rotatable bonds is 7. The van der Waals surface area contributed by atoms with Crippen molar-refractivity contribution >= 4 is 11.8 Å². The molecule has 2 unspecified atom stereocenters. The van der Waals surface area contributed by atoms with E-state index in [9.17, 15) is 5.26 Å². The lowest BCUT2D eigenvalue weighted by molar-refractivity contribution is 0.418. The quantitative estimate of drug-likeness (QED) is 0.617. The van der Waals surface area contributed by atoms with Gasteiger partial charge >= 0.3 is 0 Å². The summed E-state index contributed by atoms with van der Waals surface area (Å²) in [4.78, 5) is 8.88. The van der Waals surface area contributed by atoms with E-state index in [0.29, 0.717) is 0 Å². The van der Waals surface area contributed by atoms with Gasteiger partial charge in [0.2, 0.25) is 0 Å². The molecule has 0 radical (unpaired) electrons. The van der Waals surface area contributed by atoms with Crippen LogP contribution >= 0.6 is 11.8 Å². The predicted octanol–water partition coefficient (Wildman–Crippen LogP) is 3.25. The van der Waals surface area contributed by atoms with Crippen LogP contribution in [0.25, 0.3) is 0 Å². The second-order valence-corrected chi connectivity index (χ2v) is 6.84. The topological polar surface area (TPSA) is 61.6 Å². The van der Waals surface area contributed by atoms with Crippen LogP contribution in [0.1, 0.15) is 45.0 Å². The minimum Gasteiger partial charge on any atom is -0.300 e. The molecule has 0 spiro atoms. The average Bonchev–Trinajstić information content (AvgIpc) is 2.35. The molecule has 1 aromatic heterocycles. The number of thioether (sulfide) groups is 1. The zero-order chi connectivity index (χ0) is 15.2. The number of aromatic nitrogens is 2. The molecule has 0 aliphatic heterocycles. The first-order chi connectivity index (χ1) is 9.38. The van der Waals surface area contributed by atoms with Crippen LogP contribution < -0.4 is 5.32 Å². The zero-order valence-electron chi connectivity index (χ0n) is 13.0. The number of hydrogen-bond donors (Lipinski definition) is 1. The Labute approximate surface area is 126 Å². The Morgan fingerprint density at radius 2 is 2.00 bits per heavy atom. The van der Waals surface area contributed by atoms with E-state index >= 15 is 0 Å². The Balaban J connectivity index is 2.66. The van der Waals surface area contributed by atoms with E-state index in [1.54, 1.807) is 11.8 Å².